The first-order valence-corrected chi connectivity index (χ1v) is 10.5. The summed E-state index contributed by atoms with van der Waals surface area (Å²) in [7, 11) is 3.03. The summed E-state index contributed by atoms with van der Waals surface area (Å²) >= 11 is 5.92. The lowest BCUT2D eigenvalue weighted by Gasteiger charge is -2.12. The van der Waals surface area contributed by atoms with Crippen molar-refractivity contribution in [3.63, 3.8) is 0 Å². The van der Waals surface area contributed by atoms with Crippen molar-refractivity contribution in [2.24, 2.45) is 0 Å². The zero-order valence-corrected chi connectivity index (χ0v) is 18.7. The summed E-state index contributed by atoms with van der Waals surface area (Å²) in [5.74, 6) is 0.141. The molecule has 4 aromatic rings. The number of para-hydroxylation sites is 1. The molecule has 0 aliphatic rings. The number of hydrogen-bond acceptors (Lipinski definition) is 5. The van der Waals surface area contributed by atoms with Crippen LogP contribution in [0.25, 0.3) is 11.0 Å². The molecule has 2 N–H and O–H groups in total. The van der Waals surface area contributed by atoms with E-state index in [-0.39, 0.29) is 18.1 Å². The van der Waals surface area contributed by atoms with Crippen LogP contribution in [-0.4, -0.2) is 26.0 Å². The smallest absolute Gasteiger partial charge is 0.293 e. The maximum atomic E-state index is 13.2. The minimum Gasteiger partial charge on any atom is -0.497 e. The van der Waals surface area contributed by atoms with Gasteiger partial charge in [0, 0.05) is 16.5 Å². The van der Waals surface area contributed by atoms with E-state index in [2.05, 4.69) is 10.6 Å². The van der Waals surface area contributed by atoms with Crippen LogP contribution >= 0.6 is 11.6 Å². The van der Waals surface area contributed by atoms with Gasteiger partial charge >= 0.3 is 0 Å². The quantitative estimate of drug-likeness (QED) is 0.375. The van der Waals surface area contributed by atoms with Crippen LogP contribution in [0.4, 0.5) is 11.4 Å². The van der Waals surface area contributed by atoms with Crippen molar-refractivity contribution < 1.29 is 23.5 Å². The van der Waals surface area contributed by atoms with Crippen molar-refractivity contribution in [2.45, 2.75) is 6.42 Å². The molecule has 0 saturated carbocycles. The van der Waals surface area contributed by atoms with Crippen LogP contribution < -0.4 is 20.1 Å². The number of benzene rings is 3. The molecular formula is C25H21ClN2O5. The molecule has 0 saturated heterocycles. The molecule has 7 nitrogen and oxygen atoms in total. The van der Waals surface area contributed by atoms with E-state index in [1.165, 1.54) is 14.2 Å². The molecule has 0 radical (unpaired) electrons. The molecule has 0 atom stereocenters. The van der Waals surface area contributed by atoms with E-state index in [0.29, 0.717) is 38.9 Å². The fourth-order valence-electron chi connectivity index (χ4n) is 3.39. The minimum absolute atomic E-state index is 0.0227. The second kappa shape index (κ2) is 9.67. The molecule has 0 spiro atoms. The Balaban J connectivity index is 1.64. The lowest BCUT2D eigenvalue weighted by atomic mass is 10.1. The number of ether oxygens (including phenoxy) is 2. The van der Waals surface area contributed by atoms with E-state index in [1.807, 2.05) is 0 Å². The number of hydrogen-bond donors (Lipinski definition) is 2. The summed E-state index contributed by atoms with van der Waals surface area (Å²) in [6, 6.07) is 19.1. The predicted octanol–water partition coefficient (Wildman–Crippen LogP) is 5.54. The summed E-state index contributed by atoms with van der Waals surface area (Å²) in [6.07, 6.45) is 0.113. The number of rotatable bonds is 7. The van der Waals surface area contributed by atoms with E-state index in [9.17, 15) is 9.59 Å². The first-order valence-electron chi connectivity index (χ1n) is 10.1. The third-order valence-corrected chi connectivity index (χ3v) is 5.25. The van der Waals surface area contributed by atoms with Crippen molar-refractivity contribution in [3.05, 3.63) is 83.1 Å². The Labute approximate surface area is 195 Å². The van der Waals surface area contributed by atoms with E-state index < -0.39 is 5.91 Å². The summed E-state index contributed by atoms with van der Waals surface area (Å²) in [4.78, 5) is 26.0. The summed E-state index contributed by atoms with van der Waals surface area (Å²) in [6.45, 7) is 0. The highest BCUT2D eigenvalue weighted by Gasteiger charge is 2.23. The molecule has 8 heteroatoms. The van der Waals surface area contributed by atoms with E-state index >= 15 is 0 Å². The van der Waals surface area contributed by atoms with Gasteiger partial charge in [0.05, 0.1) is 26.3 Å². The minimum atomic E-state index is -0.542. The van der Waals surface area contributed by atoms with Crippen LogP contribution in [0.5, 0.6) is 11.5 Å². The molecule has 33 heavy (non-hydrogen) atoms. The number of amides is 2. The highest BCUT2D eigenvalue weighted by atomic mass is 35.5. The van der Waals surface area contributed by atoms with E-state index in [4.69, 9.17) is 25.5 Å². The van der Waals surface area contributed by atoms with Gasteiger partial charge in [-0.25, -0.2) is 0 Å². The Hall–Kier alpha value is -3.97. The average molecular weight is 465 g/mol. The number of halogens is 1. The normalized spacial score (nSPS) is 10.6. The zero-order valence-electron chi connectivity index (χ0n) is 18.0. The SMILES string of the molecule is COc1ccc(OC)c(NC(=O)c2oc3ccccc3c2NC(=O)Cc2ccc(Cl)cc2)c1. The molecule has 0 aliphatic carbocycles. The number of carbonyl (C=O) groups is 2. The predicted molar refractivity (Wildman–Crippen MR) is 127 cm³/mol. The molecule has 3 aromatic carbocycles. The van der Waals surface area contributed by atoms with Crippen LogP contribution in [-0.2, 0) is 11.2 Å². The van der Waals surface area contributed by atoms with Crippen LogP contribution in [0.2, 0.25) is 5.02 Å². The number of anilines is 2. The highest BCUT2D eigenvalue weighted by Crippen LogP contribution is 2.34. The summed E-state index contributed by atoms with van der Waals surface area (Å²) in [5.41, 5.74) is 1.96. The number of nitrogens with one attached hydrogen (secondary N) is 2. The second-order valence-electron chi connectivity index (χ2n) is 7.17. The Bertz CT molecular complexity index is 1310. The monoisotopic (exact) mass is 464 g/mol. The van der Waals surface area contributed by atoms with Gasteiger partial charge in [-0.15, -0.1) is 0 Å². The molecule has 2 amide bonds. The molecule has 0 unspecified atom stereocenters. The summed E-state index contributed by atoms with van der Waals surface area (Å²) in [5, 5.41) is 6.82. The van der Waals surface area contributed by atoms with Gasteiger partial charge < -0.3 is 24.5 Å². The maximum Gasteiger partial charge on any atom is 0.293 e. The lowest BCUT2D eigenvalue weighted by molar-refractivity contribution is -0.115. The topological polar surface area (TPSA) is 89.8 Å². The van der Waals surface area contributed by atoms with Crippen molar-refractivity contribution >= 4 is 45.8 Å². The summed E-state index contributed by atoms with van der Waals surface area (Å²) < 4.78 is 16.4. The Kier molecular flexibility index (Phi) is 6.51. The van der Waals surface area contributed by atoms with Gasteiger partial charge in [-0.2, -0.15) is 0 Å². The van der Waals surface area contributed by atoms with Crippen LogP contribution in [0.1, 0.15) is 16.1 Å². The molecule has 1 heterocycles. The van der Waals surface area contributed by atoms with Crippen molar-refractivity contribution in [1.29, 1.82) is 0 Å². The number of fused-ring (bicyclic) bond motifs is 1. The van der Waals surface area contributed by atoms with Crippen LogP contribution in [0, 0.1) is 0 Å². The molecule has 0 aliphatic heterocycles. The first kappa shape index (κ1) is 22.2. The van der Waals surface area contributed by atoms with Crippen molar-refractivity contribution in [2.75, 3.05) is 24.9 Å². The fraction of sp³-hybridized carbons (Fsp3) is 0.120. The molecule has 0 fully saturated rings. The maximum absolute atomic E-state index is 13.2. The van der Waals surface area contributed by atoms with Gasteiger partial charge in [-0.05, 0) is 42.0 Å². The highest BCUT2D eigenvalue weighted by molar-refractivity contribution is 6.30. The third kappa shape index (κ3) is 4.94. The van der Waals surface area contributed by atoms with Crippen molar-refractivity contribution in [1.82, 2.24) is 0 Å². The number of furan rings is 1. The standard InChI is InChI=1S/C25H21ClN2O5/c1-31-17-11-12-21(32-2)19(14-17)27-25(30)24-23(18-5-3-4-6-20(18)33-24)28-22(29)13-15-7-9-16(26)10-8-15/h3-12,14H,13H2,1-2H3,(H,27,30)(H,28,29). The number of methoxy groups -OCH3 is 2. The molecule has 4 rings (SSSR count). The van der Waals surface area contributed by atoms with Gasteiger partial charge in [0.25, 0.3) is 5.91 Å². The fourth-order valence-corrected chi connectivity index (χ4v) is 3.52. The zero-order chi connectivity index (χ0) is 23.4. The van der Waals surface area contributed by atoms with E-state index in [0.717, 1.165) is 5.56 Å². The molecule has 1 aromatic heterocycles. The Morgan fingerprint density at radius 2 is 1.70 bits per heavy atom. The van der Waals surface area contributed by atoms with Gasteiger partial charge in [0.15, 0.2) is 0 Å². The van der Waals surface area contributed by atoms with E-state index in [1.54, 1.807) is 66.7 Å². The van der Waals surface area contributed by atoms with Crippen LogP contribution in [0.3, 0.4) is 0 Å². The third-order valence-electron chi connectivity index (χ3n) is 5.00. The van der Waals surface area contributed by atoms with Gasteiger partial charge in [0.1, 0.15) is 22.8 Å². The molecule has 168 valence electrons. The molecular weight excluding hydrogens is 444 g/mol. The number of carbonyl (C=O) groups excluding carboxylic acids is 2. The average Bonchev–Trinajstić information content (AvgIpc) is 3.19. The second-order valence-corrected chi connectivity index (χ2v) is 7.61. The Morgan fingerprint density at radius 3 is 2.42 bits per heavy atom. The van der Waals surface area contributed by atoms with Crippen molar-refractivity contribution in [3.8, 4) is 11.5 Å². The first-order chi connectivity index (χ1) is 16.0. The Morgan fingerprint density at radius 1 is 0.939 bits per heavy atom. The van der Waals surface area contributed by atoms with Gasteiger partial charge in [-0.3, -0.25) is 9.59 Å². The largest absolute Gasteiger partial charge is 0.497 e. The molecule has 0 bridgehead atoms. The lowest BCUT2D eigenvalue weighted by Crippen LogP contribution is -2.18. The van der Waals surface area contributed by atoms with Crippen LogP contribution in [0.15, 0.2) is 71.1 Å². The van der Waals surface area contributed by atoms with Gasteiger partial charge in [-0.1, -0.05) is 35.9 Å². The van der Waals surface area contributed by atoms with Gasteiger partial charge in [0.2, 0.25) is 11.7 Å².